The first kappa shape index (κ1) is 12.6. The Kier molecular flexibility index (Phi) is 3.60. The molecule has 0 saturated heterocycles. The molecule has 0 radical (unpaired) electrons. The molecule has 0 fully saturated rings. The number of aromatic nitrogens is 1. The van der Waals surface area contributed by atoms with Crippen LogP contribution in [0.15, 0.2) is 53.1 Å². The quantitative estimate of drug-likeness (QED) is 0.561. The molecule has 3 rings (SSSR count). The Bertz CT molecular complexity index is 743. The lowest BCUT2D eigenvalue weighted by atomic mass is 10.2. The number of hydrogen-bond acceptors (Lipinski definition) is 3. The molecule has 2 heterocycles. The number of amides is 1. The highest BCUT2D eigenvalue weighted by atomic mass is 32.1. The second kappa shape index (κ2) is 5.71. The number of para-hydroxylation sites is 1. The van der Waals surface area contributed by atoms with Crippen LogP contribution in [-0.2, 0) is 11.2 Å². The largest absolute Gasteiger partial charge is 0.361 e. The van der Waals surface area contributed by atoms with Gasteiger partial charge in [-0.3, -0.25) is 4.79 Å². The number of aromatic amines is 1. The molecule has 0 aliphatic heterocycles. The van der Waals surface area contributed by atoms with Crippen LogP contribution in [0.2, 0.25) is 0 Å². The van der Waals surface area contributed by atoms with Crippen molar-refractivity contribution >= 4 is 34.4 Å². The predicted octanol–water partition coefficient (Wildman–Crippen LogP) is 2.92. The van der Waals surface area contributed by atoms with E-state index in [1.807, 2.05) is 48.0 Å². The van der Waals surface area contributed by atoms with Crippen molar-refractivity contribution in [2.24, 2.45) is 5.10 Å². The van der Waals surface area contributed by atoms with Gasteiger partial charge in [-0.15, -0.1) is 11.3 Å². The first-order valence-electron chi connectivity index (χ1n) is 6.23. The molecule has 0 atom stereocenters. The van der Waals surface area contributed by atoms with Gasteiger partial charge in [-0.2, -0.15) is 5.10 Å². The minimum absolute atomic E-state index is 0.108. The molecule has 0 bridgehead atoms. The van der Waals surface area contributed by atoms with Crippen molar-refractivity contribution in [2.45, 2.75) is 6.42 Å². The number of H-pyrrole nitrogens is 1. The van der Waals surface area contributed by atoms with Crippen LogP contribution in [0.3, 0.4) is 0 Å². The first-order valence-corrected chi connectivity index (χ1v) is 7.11. The van der Waals surface area contributed by atoms with Crippen LogP contribution in [-0.4, -0.2) is 17.1 Å². The minimum atomic E-state index is -0.108. The number of fused-ring (bicyclic) bond motifs is 1. The van der Waals surface area contributed by atoms with E-state index in [2.05, 4.69) is 15.5 Å². The molecule has 0 aliphatic carbocycles. The van der Waals surface area contributed by atoms with Crippen molar-refractivity contribution in [1.29, 1.82) is 0 Å². The van der Waals surface area contributed by atoms with Crippen molar-refractivity contribution < 1.29 is 4.79 Å². The number of hydrazone groups is 1. The zero-order chi connectivity index (χ0) is 13.8. The second-order valence-electron chi connectivity index (χ2n) is 4.34. The van der Waals surface area contributed by atoms with Gasteiger partial charge in [0.05, 0.1) is 12.6 Å². The van der Waals surface area contributed by atoms with Crippen molar-refractivity contribution in [3.8, 4) is 0 Å². The molecule has 5 heteroatoms. The van der Waals surface area contributed by atoms with Crippen LogP contribution in [0.5, 0.6) is 0 Å². The van der Waals surface area contributed by atoms with Crippen LogP contribution < -0.4 is 5.43 Å². The standard InChI is InChI=1S/C15H13N3OS/c19-15(8-12-4-3-7-20-12)18-17-10-11-9-16-14-6-2-1-5-13(11)14/h1-7,9-10,16H,8H2,(H,18,19)/b17-10+. The number of rotatable bonds is 4. The van der Waals surface area contributed by atoms with E-state index in [0.717, 1.165) is 21.3 Å². The average molecular weight is 283 g/mol. The number of carbonyl (C=O) groups is 1. The molecule has 20 heavy (non-hydrogen) atoms. The maximum absolute atomic E-state index is 11.7. The lowest BCUT2D eigenvalue weighted by Gasteiger charge is -1.96. The SMILES string of the molecule is O=C(Cc1cccs1)N/N=C/c1c[nH]c2ccccc12. The molecule has 3 aromatic rings. The van der Waals surface area contributed by atoms with Gasteiger partial charge >= 0.3 is 0 Å². The molecule has 1 aromatic carbocycles. The summed E-state index contributed by atoms with van der Waals surface area (Å²) >= 11 is 1.57. The molecule has 4 nitrogen and oxygen atoms in total. The molecular formula is C15H13N3OS. The number of benzene rings is 1. The topological polar surface area (TPSA) is 57.2 Å². The minimum Gasteiger partial charge on any atom is -0.361 e. The summed E-state index contributed by atoms with van der Waals surface area (Å²) in [7, 11) is 0. The molecule has 0 aliphatic rings. The van der Waals surface area contributed by atoms with Gasteiger partial charge in [-0.05, 0) is 17.5 Å². The first-order chi connectivity index (χ1) is 9.83. The maximum Gasteiger partial charge on any atom is 0.245 e. The van der Waals surface area contributed by atoms with Gasteiger partial charge in [-0.1, -0.05) is 24.3 Å². The number of nitrogens with zero attached hydrogens (tertiary/aromatic N) is 1. The van der Waals surface area contributed by atoms with Crippen molar-refractivity contribution in [3.05, 3.63) is 58.4 Å². The highest BCUT2D eigenvalue weighted by molar-refractivity contribution is 7.10. The Labute approximate surface area is 120 Å². The summed E-state index contributed by atoms with van der Waals surface area (Å²) in [6.07, 6.45) is 3.90. The van der Waals surface area contributed by atoms with E-state index in [-0.39, 0.29) is 5.91 Å². The van der Waals surface area contributed by atoms with Gasteiger partial charge in [0.1, 0.15) is 0 Å². The molecule has 2 N–H and O–H groups in total. The molecule has 1 amide bonds. The zero-order valence-corrected chi connectivity index (χ0v) is 11.5. The van der Waals surface area contributed by atoms with E-state index in [1.54, 1.807) is 17.6 Å². The number of nitrogens with one attached hydrogen (secondary N) is 2. The summed E-state index contributed by atoms with van der Waals surface area (Å²) in [4.78, 5) is 15.9. The van der Waals surface area contributed by atoms with Gasteiger partial charge in [0.2, 0.25) is 5.91 Å². The summed E-state index contributed by atoms with van der Waals surface area (Å²) < 4.78 is 0. The van der Waals surface area contributed by atoms with Crippen molar-refractivity contribution in [1.82, 2.24) is 10.4 Å². The van der Waals surface area contributed by atoms with Crippen LogP contribution in [0.4, 0.5) is 0 Å². The smallest absolute Gasteiger partial charge is 0.245 e. The molecule has 0 saturated carbocycles. The van der Waals surface area contributed by atoms with E-state index in [1.165, 1.54) is 0 Å². The molecule has 100 valence electrons. The van der Waals surface area contributed by atoms with E-state index in [4.69, 9.17) is 0 Å². The summed E-state index contributed by atoms with van der Waals surface area (Å²) in [6, 6.07) is 11.8. The van der Waals surface area contributed by atoms with E-state index in [9.17, 15) is 4.79 Å². The third kappa shape index (κ3) is 2.78. The Balaban J connectivity index is 1.64. The monoisotopic (exact) mass is 283 g/mol. The fourth-order valence-corrected chi connectivity index (χ4v) is 2.69. The summed E-state index contributed by atoms with van der Waals surface area (Å²) in [5, 5.41) is 7.05. The van der Waals surface area contributed by atoms with E-state index < -0.39 is 0 Å². The second-order valence-corrected chi connectivity index (χ2v) is 5.37. The Hall–Kier alpha value is -2.40. The fourth-order valence-electron chi connectivity index (χ4n) is 1.99. The van der Waals surface area contributed by atoms with Gasteiger partial charge in [0.25, 0.3) is 0 Å². The summed E-state index contributed by atoms with van der Waals surface area (Å²) in [6.45, 7) is 0. The van der Waals surface area contributed by atoms with Gasteiger partial charge < -0.3 is 4.98 Å². The zero-order valence-electron chi connectivity index (χ0n) is 10.7. The number of hydrogen-bond donors (Lipinski definition) is 2. The highest BCUT2D eigenvalue weighted by Gasteiger charge is 2.03. The van der Waals surface area contributed by atoms with Crippen LogP contribution in [0, 0.1) is 0 Å². The van der Waals surface area contributed by atoms with Crippen LogP contribution in [0.25, 0.3) is 10.9 Å². The normalized spacial score (nSPS) is 11.2. The van der Waals surface area contributed by atoms with Crippen molar-refractivity contribution in [2.75, 3.05) is 0 Å². The Morgan fingerprint density at radius 3 is 3.05 bits per heavy atom. The molecular weight excluding hydrogens is 270 g/mol. The van der Waals surface area contributed by atoms with Crippen molar-refractivity contribution in [3.63, 3.8) is 0 Å². The molecule has 0 spiro atoms. The molecule has 2 aromatic heterocycles. The third-order valence-corrected chi connectivity index (χ3v) is 3.81. The highest BCUT2D eigenvalue weighted by Crippen LogP contribution is 2.15. The van der Waals surface area contributed by atoms with E-state index >= 15 is 0 Å². The molecule has 0 unspecified atom stereocenters. The fraction of sp³-hybridized carbons (Fsp3) is 0.0667. The number of thiophene rings is 1. The number of carbonyl (C=O) groups excluding carboxylic acids is 1. The average Bonchev–Trinajstić information content (AvgIpc) is 3.09. The Morgan fingerprint density at radius 2 is 2.20 bits per heavy atom. The van der Waals surface area contributed by atoms with Gasteiger partial charge in [0, 0.05) is 27.5 Å². The van der Waals surface area contributed by atoms with Gasteiger partial charge in [-0.25, -0.2) is 5.43 Å². The summed E-state index contributed by atoms with van der Waals surface area (Å²) in [5.41, 5.74) is 4.56. The van der Waals surface area contributed by atoms with Gasteiger partial charge in [0.15, 0.2) is 0 Å². The lowest BCUT2D eigenvalue weighted by molar-refractivity contribution is -0.120. The van der Waals surface area contributed by atoms with Crippen LogP contribution in [0.1, 0.15) is 10.4 Å². The third-order valence-electron chi connectivity index (χ3n) is 2.93. The van der Waals surface area contributed by atoms with Crippen LogP contribution >= 0.6 is 11.3 Å². The Morgan fingerprint density at radius 1 is 1.30 bits per heavy atom. The predicted molar refractivity (Wildman–Crippen MR) is 82.1 cm³/mol. The maximum atomic E-state index is 11.7. The van der Waals surface area contributed by atoms with E-state index in [0.29, 0.717) is 6.42 Å². The lowest BCUT2D eigenvalue weighted by Crippen LogP contribution is -2.19. The summed E-state index contributed by atoms with van der Waals surface area (Å²) in [5.74, 6) is -0.108.